The number of ether oxygens (including phenoxy) is 1. The molecule has 1 heterocycles. The number of halogens is 1. The molecular weight excluding hydrogens is 238 g/mol. The van der Waals surface area contributed by atoms with E-state index in [2.05, 4.69) is 10.3 Å². The molecule has 0 unspecified atom stereocenters. The standard InChI is InChI=1S/C12H14ClN3O/c1-14-9-3-5-10(6-4-9)17-8-12-15-7-11(13)16(12)2/h3-7,14H,8H2,1-2H3. The van der Waals surface area contributed by atoms with Crippen LogP contribution in [0.25, 0.3) is 0 Å². The molecule has 5 heteroatoms. The molecule has 0 radical (unpaired) electrons. The highest BCUT2D eigenvalue weighted by molar-refractivity contribution is 6.29. The number of nitrogens with zero attached hydrogens (tertiary/aromatic N) is 2. The summed E-state index contributed by atoms with van der Waals surface area (Å²) >= 11 is 5.89. The van der Waals surface area contributed by atoms with Gasteiger partial charge in [0.25, 0.3) is 0 Å². The number of imidazole rings is 1. The molecule has 0 fully saturated rings. The van der Waals surface area contributed by atoms with E-state index < -0.39 is 0 Å². The van der Waals surface area contributed by atoms with Gasteiger partial charge in [0.05, 0.1) is 6.20 Å². The fraction of sp³-hybridized carbons (Fsp3) is 0.250. The van der Waals surface area contributed by atoms with Gasteiger partial charge in [0.15, 0.2) is 0 Å². The maximum absolute atomic E-state index is 5.89. The Kier molecular flexibility index (Phi) is 3.54. The molecule has 0 aliphatic heterocycles. The molecule has 0 atom stereocenters. The number of anilines is 1. The van der Waals surface area contributed by atoms with Crippen LogP contribution in [-0.4, -0.2) is 16.6 Å². The third-order valence-corrected chi connectivity index (χ3v) is 2.89. The third kappa shape index (κ3) is 2.71. The second-order valence-electron chi connectivity index (χ2n) is 3.62. The van der Waals surface area contributed by atoms with Crippen LogP contribution in [-0.2, 0) is 13.7 Å². The van der Waals surface area contributed by atoms with Gasteiger partial charge < -0.3 is 14.6 Å². The smallest absolute Gasteiger partial charge is 0.147 e. The summed E-state index contributed by atoms with van der Waals surface area (Å²) < 4.78 is 7.41. The van der Waals surface area contributed by atoms with E-state index >= 15 is 0 Å². The molecule has 1 N–H and O–H groups in total. The number of aromatic nitrogens is 2. The molecule has 1 aromatic carbocycles. The van der Waals surface area contributed by atoms with Gasteiger partial charge in [-0.2, -0.15) is 0 Å². The van der Waals surface area contributed by atoms with Crippen molar-refractivity contribution >= 4 is 17.3 Å². The second kappa shape index (κ2) is 5.10. The minimum atomic E-state index is 0.405. The van der Waals surface area contributed by atoms with Crippen LogP contribution in [0.15, 0.2) is 30.5 Å². The third-order valence-electron chi connectivity index (χ3n) is 2.54. The summed E-state index contributed by atoms with van der Waals surface area (Å²) in [5, 5.41) is 3.66. The number of hydrogen-bond donors (Lipinski definition) is 1. The molecule has 0 bridgehead atoms. The van der Waals surface area contributed by atoms with Crippen molar-refractivity contribution in [1.82, 2.24) is 9.55 Å². The highest BCUT2D eigenvalue weighted by Crippen LogP contribution is 2.17. The van der Waals surface area contributed by atoms with Crippen LogP contribution in [0.5, 0.6) is 5.75 Å². The summed E-state index contributed by atoms with van der Waals surface area (Å²) in [6.07, 6.45) is 1.62. The Morgan fingerprint density at radius 1 is 1.35 bits per heavy atom. The van der Waals surface area contributed by atoms with E-state index in [0.717, 1.165) is 17.3 Å². The molecular formula is C12H14ClN3O. The molecule has 0 aliphatic carbocycles. The van der Waals surface area contributed by atoms with E-state index in [4.69, 9.17) is 16.3 Å². The van der Waals surface area contributed by atoms with Gasteiger partial charge in [0, 0.05) is 19.8 Å². The van der Waals surface area contributed by atoms with Crippen molar-refractivity contribution in [3.63, 3.8) is 0 Å². The monoisotopic (exact) mass is 251 g/mol. The lowest BCUT2D eigenvalue weighted by Gasteiger charge is -2.07. The van der Waals surface area contributed by atoms with Gasteiger partial charge in [-0.1, -0.05) is 11.6 Å². The maximum Gasteiger partial charge on any atom is 0.147 e. The first-order valence-corrected chi connectivity index (χ1v) is 5.65. The average Bonchev–Trinajstić information content (AvgIpc) is 2.68. The first kappa shape index (κ1) is 11.8. The zero-order chi connectivity index (χ0) is 12.3. The SMILES string of the molecule is CNc1ccc(OCc2ncc(Cl)n2C)cc1. The lowest BCUT2D eigenvalue weighted by atomic mass is 10.3. The van der Waals surface area contributed by atoms with Gasteiger partial charge in [0.1, 0.15) is 23.3 Å². The van der Waals surface area contributed by atoms with Gasteiger partial charge in [-0.3, -0.25) is 0 Å². The summed E-state index contributed by atoms with van der Waals surface area (Å²) in [6.45, 7) is 0.405. The summed E-state index contributed by atoms with van der Waals surface area (Å²) in [4.78, 5) is 4.16. The Balaban J connectivity index is 2.00. The fourth-order valence-electron chi connectivity index (χ4n) is 1.42. The van der Waals surface area contributed by atoms with Crippen molar-refractivity contribution < 1.29 is 4.74 Å². The van der Waals surface area contributed by atoms with Gasteiger partial charge in [-0.05, 0) is 24.3 Å². The van der Waals surface area contributed by atoms with Crippen LogP contribution in [0.1, 0.15) is 5.82 Å². The summed E-state index contributed by atoms with van der Waals surface area (Å²) in [7, 11) is 3.74. The van der Waals surface area contributed by atoms with E-state index in [1.165, 1.54) is 0 Å². The van der Waals surface area contributed by atoms with E-state index in [9.17, 15) is 0 Å². The topological polar surface area (TPSA) is 39.1 Å². The second-order valence-corrected chi connectivity index (χ2v) is 4.01. The molecule has 0 saturated heterocycles. The predicted octanol–water partition coefficient (Wildman–Crippen LogP) is 2.69. The predicted molar refractivity (Wildman–Crippen MR) is 68.5 cm³/mol. The Morgan fingerprint density at radius 3 is 2.59 bits per heavy atom. The first-order chi connectivity index (χ1) is 8.20. The molecule has 1 aromatic heterocycles. The van der Waals surface area contributed by atoms with Gasteiger partial charge in [-0.15, -0.1) is 0 Å². The van der Waals surface area contributed by atoms with Crippen molar-refractivity contribution in [1.29, 1.82) is 0 Å². The van der Waals surface area contributed by atoms with Crippen LogP contribution in [0.3, 0.4) is 0 Å². The molecule has 0 spiro atoms. The molecule has 4 nitrogen and oxygen atoms in total. The van der Waals surface area contributed by atoms with E-state index in [0.29, 0.717) is 11.8 Å². The Morgan fingerprint density at radius 2 is 2.06 bits per heavy atom. The normalized spacial score (nSPS) is 10.3. The molecule has 17 heavy (non-hydrogen) atoms. The van der Waals surface area contributed by atoms with Crippen LogP contribution in [0, 0.1) is 0 Å². The molecule has 0 amide bonds. The van der Waals surface area contributed by atoms with Crippen molar-refractivity contribution in [3.8, 4) is 5.75 Å². The first-order valence-electron chi connectivity index (χ1n) is 5.27. The molecule has 90 valence electrons. The van der Waals surface area contributed by atoms with Crippen molar-refractivity contribution in [2.75, 3.05) is 12.4 Å². The Hall–Kier alpha value is -1.68. The lowest BCUT2D eigenvalue weighted by molar-refractivity contribution is 0.292. The summed E-state index contributed by atoms with van der Waals surface area (Å²) in [5.41, 5.74) is 1.05. The maximum atomic E-state index is 5.89. The van der Waals surface area contributed by atoms with Crippen molar-refractivity contribution in [2.24, 2.45) is 7.05 Å². The summed E-state index contributed by atoms with van der Waals surface area (Å²) in [5.74, 6) is 1.61. The highest BCUT2D eigenvalue weighted by Gasteiger charge is 2.04. The van der Waals surface area contributed by atoms with E-state index in [1.54, 1.807) is 10.8 Å². The zero-order valence-corrected chi connectivity index (χ0v) is 10.5. The number of hydrogen-bond acceptors (Lipinski definition) is 3. The van der Waals surface area contributed by atoms with E-state index in [-0.39, 0.29) is 0 Å². The minimum Gasteiger partial charge on any atom is -0.486 e. The number of rotatable bonds is 4. The minimum absolute atomic E-state index is 0.405. The van der Waals surface area contributed by atoms with Crippen molar-refractivity contribution in [2.45, 2.75) is 6.61 Å². The largest absolute Gasteiger partial charge is 0.486 e. The van der Waals surface area contributed by atoms with Gasteiger partial charge in [0.2, 0.25) is 0 Å². The quantitative estimate of drug-likeness (QED) is 0.908. The van der Waals surface area contributed by atoms with Crippen molar-refractivity contribution in [3.05, 3.63) is 41.4 Å². The highest BCUT2D eigenvalue weighted by atomic mass is 35.5. The Labute approximate surface area is 105 Å². The van der Waals surface area contributed by atoms with Crippen LogP contribution >= 0.6 is 11.6 Å². The number of nitrogens with one attached hydrogen (secondary N) is 1. The van der Waals surface area contributed by atoms with Crippen LogP contribution < -0.4 is 10.1 Å². The average molecular weight is 252 g/mol. The molecule has 2 rings (SSSR count). The Bertz CT molecular complexity index is 493. The number of benzene rings is 1. The van der Waals surface area contributed by atoms with Crippen LogP contribution in [0.4, 0.5) is 5.69 Å². The summed E-state index contributed by atoms with van der Waals surface area (Å²) in [6, 6.07) is 7.74. The molecule has 0 saturated carbocycles. The van der Waals surface area contributed by atoms with Gasteiger partial charge in [-0.25, -0.2) is 4.98 Å². The fourth-order valence-corrected chi connectivity index (χ4v) is 1.57. The van der Waals surface area contributed by atoms with Gasteiger partial charge >= 0.3 is 0 Å². The molecule has 2 aromatic rings. The zero-order valence-electron chi connectivity index (χ0n) is 9.77. The lowest BCUT2D eigenvalue weighted by Crippen LogP contribution is -2.03. The van der Waals surface area contributed by atoms with Crippen LogP contribution in [0.2, 0.25) is 5.15 Å². The molecule has 0 aliphatic rings. The van der Waals surface area contributed by atoms with E-state index in [1.807, 2.05) is 38.4 Å².